The predicted octanol–water partition coefficient (Wildman–Crippen LogP) is 2.30. The highest BCUT2D eigenvalue weighted by molar-refractivity contribution is 5.79. The second-order valence-electron chi connectivity index (χ2n) is 7.01. The number of fused-ring (bicyclic) bond motifs is 1. The van der Waals surface area contributed by atoms with Gasteiger partial charge in [-0.25, -0.2) is 4.39 Å². The zero-order valence-electron chi connectivity index (χ0n) is 14.0. The van der Waals surface area contributed by atoms with Gasteiger partial charge >= 0.3 is 0 Å². The average Bonchev–Trinajstić information content (AvgIpc) is 3.20. The minimum absolute atomic E-state index is 0.0363. The van der Waals surface area contributed by atoms with E-state index >= 15 is 0 Å². The van der Waals surface area contributed by atoms with Gasteiger partial charge in [0.25, 0.3) is 0 Å². The third-order valence-corrected chi connectivity index (χ3v) is 5.31. The smallest absolute Gasteiger partial charge is 0.229 e. The van der Waals surface area contributed by atoms with Crippen LogP contribution < -0.4 is 0 Å². The number of carbonyl (C=O) groups is 1. The summed E-state index contributed by atoms with van der Waals surface area (Å²) in [6.45, 7) is 0.313. The van der Waals surface area contributed by atoms with Crippen LogP contribution in [0.15, 0.2) is 24.3 Å². The van der Waals surface area contributed by atoms with Crippen LogP contribution in [0.4, 0.5) is 4.39 Å². The van der Waals surface area contributed by atoms with Gasteiger partial charge in [0.1, 0.15) is 5.82 Å². The van der Waals surface area contributed by atoms with Crippen molar-refractivity contribution in [3.8, 4) is 0 Å². The van der Waals surface area contributed by atoms with Crippen molar-refractivity contribution in [3.63, 3.8) is 0 Å². The summed E-state index contributed by atoms with van der Waals surface area (Å²) in [7, 11) is 0. The number of aromatic amines is 1. The molecule has 1 saturated heterocycles. The van der Waals surface area contributed by atoms with E-state index in [-0.39, 0.29) is 24.2 Å². The van der Waals surface area contributed by atoms with Gasteiger partial charge in [-0.05, 0) is 55.4 Å². The molecular formula is C19H22FN3O2. The number of aryl methyl sites for hydroxylation is 1. The summed E-state index contributed by atoms with van der Waals surface area (Å²) < 4.78 is 13.2. The van der Waals surface area contributed by atoms with Crippen molar-refractivity contribution >= 4 is 5.91 Å². The van der Waals surface area contributed by atoms with Crippen LogP contribution in [-0.4, -0.2) is 38.8 Å². The second-order valence-corrected chi connectivity index (χ2v) is 7.01. The van der Waals surface area contributed by atoms with Crippen LogP contribution in [0.2, 0.25) is 0 Å². The Labute approximate surface area is 145 Å². The predicted molar refractivity (Wildman–Crippen MR) is 90.4 cm³/mol. The number of aromatic nitrogens is 2. The lowest BCUT2D eigenvalue weighted by molar-refractivity contribution is -0.131. The fraction of sp³-hybridized carbons (Fsp3) is 0.474. The van der Waals surface area contributed by atoms with E-state index in [1.807, 2.05) is 0 Å². The summed E-state index contributed by atoms with van der Waals surface area (Å²) in [4.78, 5) is 14.6. The van der Waals surface area contributed by atoms with Crippen molar-refractivity contribution in [1.82, 2.24) is 15.1 Å². The zero-order valence-corrected chi connectivity index (χ0v) is 14.0. The number of hydrogen-bond donors (Lipinski definition) is 2. The Morgan fingerprint density at radius 3 is 2.84 bits per heavy atom. The summed E-state index contributed by atoms with van der Waals surface area (Å²) in [6, 6.07) is 5.96. The van der Waals surface area contributed by atoms with E-state index in [9.17, 15) is 14.3 Å². The third-order valence-electron chi connectivity index (χ3n) is 5.31. The molecule has 0 radical (unpaired) electrons. The lowest BCUT2D eigenvalue weighted by Crippen LogP contribution is -2.33. The maximum absolute atomic E-state index is 13.2. The van der Waals surface area contributed by atoms with Gasteiger partial charge in [-0.1, -0.05) is 12.1 Å². The van der Waals surface area contributed by atoms with Gasteiger partial charge in [-0.2, -0.15) is 5.10 Å². The van der Waals surface area contributed by atoms with E-state index in [2.05, 4.69) is 10.2 Å². The van der Waals surface area contributed by atoms with Gasteiger partial charge in [-0.3, -0.25) is 9.89 Å². The Morgan fingerprint density at radius 2 is 2.04 bits per heavy atom. The zero-order chi connectivity index (χ0) is 17.4. The molecular weight excluding hydrogens is 321 g/mol. The number of rotatable bonds is 3. The molecule has 4 rings (SSSR count). The number of likely N-dealkylation sites (tertiary alicyclic amines) is 1. The topological polar surface area (TPSA) is 69.2 Å². The molecule has 2 atom stereocenters. The van der Waals surface area contributed by atoms with E-state index < -0.39 is 6.10 Å². The molecule has 1 aliphatic heterocycles. The first-order chi connectivity index (χ1) is 12.1. The van der Waals surface area contributed by atoms with Gasteiger partial charge < -0.3 is 10.0 Å². The quantitative estimate of drug-likeness (QED) is 0.898. The highest BCUT2D eigenvalue weighted by Crippen LogP contribution is 2.33. The van der Waals surface area contributed by atoms with Crippen LogP contribution in [0.5, 0.6) is 0 Å². The first kappa shape index (κ1) is 16.3. The lowest BCUT2D eigenvalue weighted by atomic mass is 9.95. The molecule has 1 aromatic carbocycles. The molecule has 1 fully saturated rings. The molecule has 2 aliphatic rings. The standard InChI is InChI=1S/C19H22FN3O2/c20-13-7-5-12(6-8-13)18-9-14(24)11-23(18)19(25)10-17-15-3-1-2-4-16(15)21-22-17/h5-8,14,18,24H,1-4,9-11H2,(H,21,22). The number of amides is 1. The normalized spacial score (nSPS) is 22.9. The number of carbonyl (C=O) groups excluding carboxylic acids is 1. The number of nitrogens with one attached hydrogen (secondary N) is 1. The number of halogens is 1. The molecule has 0 spiro atoms. The SMILES string of the molecule is O=C(Cc1n[nH]c2c1CCCC2)N1CC(O)CC1c1ccc(F)cc1. The largest absolute Gasteiger partial charge is 0.391 e. The average molecular weight is 343 g/mol. The number of hydrogen-bond acceptors (Lipinski definition) is 3. The molecule has 132 valence electrons. The monoisotopic (exact) mass is 343 g/mol. The Balaban J connectivity index is 1.53. The van der Waals surface area contributed by atoms with Gasteiger partial charge in [0.05, 0.1) is 24.3 Å². The first-order valence-corrected chi connectivity index (χ1v) is 8.90. The Hall–Kier alpha value is -2.21. The maximum atomic E-state index is 13.2. The Morgan fingerprint density at radius 1 is 1.28 bits per heavy atom. The van der Waals surface area contributed by atoms with E-state index in [0.717, 1.165) is 42.6 Å². The number of aliphatic hydroxyl groups excluding tert-OH is 1. The number of aliphatic hydroxyl groups is 1. The molecule has 2 heterocycles. The van der Waals surface area contributed by atoms with Gasteiger partial charge in [0.2, 0.25) is 5.91 Å². The molecule has 1 amide bonds. The van der Waals surface area contributed by atoms with E-state index in [0.29, 0.717) is 13.0 Å². The lowest BCUT2D eigenvalue weighted by Gasteiger charge is -2.25. The first-order valence-electron chi connectivity index (χ1n) is 8.90. The molecule has 25 heavy (non-hydrogen) atoms. The number of β-amino-alcohol motifs (C(OH)–C–C–N with tert-alkyl or cyclic N) is 1. The molecule has 0 saturated carbocycles. The van der Waals surface area contributed by atoms with Gasteiger partial charge in [-0.15, -0.1) is 0 Å². The minimum atomic E-state index is -0.549. The van der Waals surface area contributed by atoms with Crippen molar-refractivity contribution in [2.45, 2.75) is 50.7 Å². The van der Waals surface area contributed by atoms with E-state index in [1.165, 1.54) is 17.7 Å². The number of H-pyrrole nitrogens is 1. The fourth-order valence-corrected chi connectivity index (χ4v) is 4.03. The maximum Gasteiger partial charge on any atom is 0.229 e. The van der Waals surface area contributed by atoms with Gasteiger partial charge in [0, 0.05) is 12.2 Å². The van der Waals surface area contributed by atoms with Crippen molar-refractivity contribution in [2.24, 2.45) is 0 Å². The molecule has 2 aromatic rings. The number of benzene rings is 1. The summed E-state index contributed by atoms with van der Waals surface area (Å²) in [5.74, 6) is -0.339. The second kappa shape index (κ2) is 6.59. The third kappa shape index (κ3) is 3.18. The molecule has 1 aromatic heterocycles. The van der Waals surface area contributed by atoms with E-state index in [4.69, 9.17) is 0 Å². The van der Waals surface area contributed by atoms with Crippen LogP contribution in [0, 0.1) is 5.82 Å². The number of nitrogens with zero attached hydrogens (tertiary/aromatic N) is 2. The van der Waals surface area contributed by atoms with Gasteiger partial charge in [0.15, 0.2) is 0 Å². The summed E-state index contributed by atoms with van der Waals surface area (Å²) in [5.41, 5.74) is 4.04. The summed E-state index contributed by atoms with van der Waals surface area (Å²) >= 11 is 0. The molecule has 0 bridgehead atoms. The molecule has 5 nitrogen and oxygen atoms in total. The molecule has 2 unspecified atom stereocenters. The summed E-state index contributed by atoms with van der Waals surface area (Å²) in [6.07, 6.45) is 4.44. The Bertz CT molecular complexity index is 771. The summed E-state index contributed by atoms with van der Waals surface area (Å²) in [5, 5.41) is 17.5. The fourth-order valence-electron chi connectivity index (χ4n) is 4.03. The molecule has 1 aliphatic carbocycles. The molecule has 2 N–H and O–H groups in total. The van der Waals surface area contributed by atoms with Crippen molar-refractivity contribution in [3.05, 3.63) is 52.6 Å². The van der Waals surface area contributed by atoms with Crippen molar-refractivity contribution in [1.29, 1.82) is 0 Å². The van der Waals surface area contributed by atoms with Crippen LogP contribution in [0.1, 0.15) is 47.8 Å². The minimum Gasteiger partial charge on any atom is -0.391 e. The van der Waals surface area contributed by atoms with Crippen LogP contribution in [0.25, 0.3) is 0 Å². The highest BCUT2D eigenvalue weighted by Gasteiger charge is 2.35. The van der Waals surface area contributed by atoms with Crippen molar-refractivity contribution in [2.75, 3.05) is 6.54 Å². The van der Waals surface area contributed by atoms with E-state index in [1.54, 1.807) is 17.0 Å². The highest BCUT2D eigenvalue weighted by atomic mass is 19.1. The molecule has 6 heteroatoms. The Kier molecular flexibility index (Phi) is 4.29. The van der Waals surface area contributed by atoms with Crippen molar-refractivity contribution < 1.29 is 14.3 Å². The van der Waals surface area contributed by atoms with Crippen LogP contribution in [0.3, 0.4) is 0 Å². The van der Waals surface area contributed by atoms with Crippen LogP contribution >= 0.6 is 0 Å². The van der Waals surface area contributed by atoms with Crippen LogP contribution in [-0.2, 0) is 24.1 Å².